The van der Waals surface area contributed by atoms with E-state index in [0.29, 0.717) is 30.5 Å². The van der Waals surface area contributed by atoms with Crippen LogP contribution in [0.15, 0.2) is 72.8 Å². The van der Waals surface area contributed by atoms with Gasteiger partial charge in [-0.15, -0.1) is 0 Å². The normalized spacial score (nSPS) is 19.5. The van der Waals surface area contributed by atoms with Crippen LogP contribution in [0, 0.1) is 17.7 Å². The number of para-hydroxylation sites is 1. The van der Waals surface area contributed by atoms with Crippen molar-refractivity contribution >= 4 is 29.1 Å². The van der Waals surface area contributed by atoms with Gasteiger partial charge in [-0.25, -0.2) is 4.39 Å². The Labute approximate surface area is 234 Å². The van der Waals surface area contributed by atoms with Gasteiger partial charge in [0.25, 0.3) is 11.8 Å². The zero-order chi connectivity index (χ0) is 27.5. The summed E-state index contributed by atoms with van der Waals surface area (Å²) in [5.41, 5.74) is 2.57. The number of rotatable bonds is 8. The molecule has 0 aromatic heterocycles. The summed E-state index contributed by atoms with van der Waals surface area (Å²) in [6.07, 6.45) is 0.771. The molecule has 6 nitrogen and oxygen atoms in total. The number of hydrogen-bond acceptors (Lipinski definition) is 4. The highest BCUT2D eigenvalue weighted by Gasteiger charge is 2.42. The van der Waals surface area contributed by atoms with E-state index >= 15 is 0 Å². The Morgan fingerprint density at radius 1 is 0.949 bits per heavy atom. The molecule has 2 unspecified atom stereocenters. The molecule has 2 saturated heterocycles. The van der Waals surface area contributed by atoms with Gasteiger partial charge in [0, 0.05) is 52.5 Å². The number of nitrogens with zero attached hydrogens (tertiary/aromatic N) is 3. The van der Waals surface area contributed by atoms with Crippen molar-refractivity contribution in [1.82, 2.24) is 15.1 Å². The van der Waals surface area contributed by atoms with E-state index in [9.17, 15) is 14.0 Å². The molecule has 5 rings (SSSR count). The zero-order valence-corrected chi connectivity index (χ0v) is 23.1. The van der Waals surface area contributed by atoms with Gasteiger partial charge in [0.05, 0.1) is 22.2 Å². The lowest BCUT2D eigenvalue weighted by Crippen LogP contribution is -2.36. The predicted octanol–water partition coefficient (Wildman–Crippen LogP) is 5.11. The van der Waals surface area contributed by atoms with Crippen LogP contribution >= 0.6 is 11.6 Å². The number of anilines is 1. The molecular formula is C31H34ClFN4O2. The van der Waals surface area contributed by atoms with Gasteiger partial charge in [0.15, 0.2) is 0 Å². The minimum atomic E-state index is -0.576. The van der Waals surface area contributed by atoms with Gasteiger partial charge in [-0.1, -0.05) is 60.1 Å². The fourth-order valence-corrected chi connectivity index (χ4v) is 6.15. The maximum Gasteiger partial charge on any atom is 0.258 e. The number of hydrogen-bond donors (Lipinski definition) is 1. The van der Waals surface area contributed by atoms with Crippen molar-refractivity contribution in [2.75, 3.05) is 51.7 Å². The number of carbonyl (C=O) groups excluding carboxylic acids is 2. The van der Waals surface area contributed by atoms with E-state index in [-0.39, 0.29) is 28.4 Å². The first kappa shape index (κ1) is 27.2. The summed E-state index contributed by atoms with van der Waals surface area (Å²) < 4.78 is 14.3. The quantitative estimate of drug-likeness (QED) is 0.425. The second-order valence-electron chi connectivity index (χ2n) is 10.7. The molecule has 3 atom stereocenters. The summed E-state index contributed by atoms with van der Waals surface area (Å²) in [5.74, 6) is -0.308. The van der Waals surface area contributed by atoms with Gasteiger partial charge in [0.1, 0.15) is 5.82 Å². The molecule has 39 heavy (non-hydrogen) atoms. The van der Waals surface area contributed by atoms with Crippen LogP contribution in [0.2, 0.25) is 5.02 Å². The molecule has 0 saturated carbocycles. The molecular weight excluding hydrogens is 515 g/mol. The van der Waals surface area contributed by atoms with Gasteiger partial charge in [-0.2, -0.15) is 0 Å². The number of carbonyl (C=O) groups is 2. The summed E-state index contributed by atoms with van der Waals surface area (Å²) in [5, 5.41) is 3.43. The Morgan fingerprint density at radius 3 is 2.28 bits per heavy atom. The number of amides is 2. The van der Waals surface area contributed by atoms with Crippen LogP contribution in [-0.4, -0.2) is 68.4 Å². The fraction of sp³-hybridized carbons (Fsp3) is 0.355. The third kappa shape index (κ3) is 5.94. The number of benzene rings is 3. The van der Waals surface area contributed by atoms with E-state index in [2.05, 4.69) is 22.3 Å². The first-order chi connectivity index (χ1) is 18.8. The van der Waals surface area contributed by atoms with Crippen LogP contribution in [0.4, 0.5) is 10.1 Å². The molecule has 8 heteroatoms. The van der Waals surface area contributed by atoms with Crippen molar-refractivity contribution in [2.45, 2.75) is 12.5 Å². The lowest BCUT2D eigenvalue weighted by molar-refractivity contribution is 0.0769. The molecule has 0 radical (unpaired) electrons. The predicted molar refractivity (Wildman–Crippen MR) is 153 cm³/mol. The number of fused-ring (bicyclic) bond motifs is 1. The molecule has 3 aromatic carbocycles. The SMILES string of the molecule is CN(C)c1ccccc1C(=O)N[C@@H](CCN1CC2CN(C(=O)c3c(F)cccc3Cl)CC2C1)c1ccccc1. The topological polar surface area (TPSA) is 55.9 Å². The van der Waals surface area contributed by atoms with Gasteiger partial charge in [0.2, 0.25) is 0 Å². The Balaban J connectivity index is 1.21. The van der Waals surface area contributed by atoms with Crippen LogP contribution in [0.25, 0.3) is 0 Å². The van der Waals surface area contributed by atoms with Crippen molar-refractivity contribution < 1.29 is 14.0 Å². The molecule has 2 heterocycles. The minimum Gasteiger partial charge on any atom is -0.377 e. The average Bonchev–Trinajstić information content (AvgIpc) is 3.50. The summed E-state index contributed by atoms with van der Waals surface area (Å²) >= 11 is 6.14. The van der Waals surface area contributed by atoms with Crippen LogP contribution in [0.5, 0.6) is 0 Å². The Morgan fingerprint density at radius 2 is 1.62 bits per heavy atom. The lowest BCUT2D eigenvalue weighted by Gasteiger charge is -2.25. The largest absolute Gasteiger partial charge is 0.377 e. The molecule has 3 aromatic rings. The maximum absolute atomic E-state index is 14.3. The molecule has 204 valence electrons. The smallest absolute Gasteiger partial charge is 0.258 e. The highest BCUT2D eigenvalue weighted by molar-refractivity contribution is 6.33. The van der Waals surface area contributed by atoms with Crippen molar-refractivity contribution in [3.8, 4) is 0 Å². The number of nitrogens with one attached hydrogen (secondary N) is 1. The van der Waals surface area contributed by atoms with Gasteiger partial charge in [-0.05, 0) is 48.1 Å². The van der Waals surface area contributed by atoms with Gasteiger partial charge in [-0.3, -0.25) is 9.59 Å². The average molecular weight is 549 g/mol. The highest BCUT2D eigenvalue weighted by atomic mass is 35.5. The third-order valence-electron chi connectivity index (χ3n) is 7.90. The maximum atomic E-state index is 14.3. The van der Waals surface area contributed by atoms with E-state index in [0.717, 1.165) is 37.3 Å². The molecule has 2 aliphatic rings. The molecule has 2 aliphatic heterocycles. The highest BCUT2D eigenvalue weighted by Crippen LogP contribution is 2.34. The Bertz CT molecular complexity index is 1300. The summed E-state index contributed by atoms with van der Waals surface area (Å²) in [7, 11) is 3.87. The van der Waals surface area contributed by atoms with Crippen LogP contribution in [0.1, 0.15) is 38.7 Å². The van der Waals surface area contributed by atoms with Crippen molar-refractivity contribution in [3.63, 3.8) is 0 Å². The van der Waals surface area contributed by atoms with Crippen molar-refractivity contribution in [3.05, 3.63) is 100 Å². The lowest BCUT2D eigenvalue weighted by atomic mass is 10.0. The first-order valence-corrected chi connectivity index (χ1v) is 13.8. The molecule has 0 bridgehead atoms. The minimum absolute atomic E-state index is 0.0340. The molecule has 0 aliphatic carbocycles. The van der Waals surface area contributed by atoms with Crippen LogP contribution in [0.3, 0.4) is 0 Å². The number of likely N-dealkylation sites (tertiary alicyclic amines) is 2. The van der Waals surface area contributed by atoms with Crippen LogP contribution < -0.4 is 10.2 Å². The van der Waals surface area contributed by atoms with Crippen molar-refractivity contribution in [1.29, 1.82) is 0 Å². The second-order valence-corrected chi connectivity index (χ2v) is 11.1. The zero-order valence-electron chi connectivity index (χ0n) is 22.3. The van der Waals surface area contributed by atoms with E-state index in [1.807, 2.05) is 61.5 Å². The molecule has 2 amide bonds. The van der Waals surface area contributed by atoms with Gasteiger partial charge < -0.3 is 20.0 Å². The fourth-order valence-electron chi connectivity index (χ4n) is 5.91. The van der Waals surface area contributed by atoms with E-state index < -0.39 is 5.82 Å². The summed E-state index contributed by atoms with van der Waals surface area (Å²) in [6.45, 7) is 3.78. The second kappa shape index (κ2) is 11.8. The van der Waals surface area contributed by atoms with Crippen LogP contribution in [-0.2, 0) is 0 Å². The van der Waals surface area contributed by atoms with E-state index in [1.54, 1.807) is 11.0 Å². The van der Waals surface area contributed by atoms with E-state index in [1.165, 1.54) is 12.1 Å². The Kier molecular flexibility index (Phi) is 8.19. The summed E-state index contributed by atoms with van der Waals surface area (Å²) in [4.78, 5) is 32.5. The monoisotopic (exact) mass is 548 g/mol. The standard InChI is InChI=1S/C31H34ClFN4O2/c1-35(2)28-14-7-6-11-24(28)30(38)34-27(21-9-4-3-5-10-21)15-16-36-17-22-19-37(20-23(22)18-36)31(39)29-25(32)12-8-13-26(29)33/h3-14,22-23,27H,15-20H2,1-2H3,(H,34,38)/t22?,23?,27-/m0/s1. The van der Waals surface area contributed by atoms with Gasteiger partial charge >= 0.3 is 0 Å². The van der Waals surface area contributed by atoms with E-state index in [4.69, 9.17) is 11.6 Å². The Hall–Kier alpha value is -3.42. The molecule has 1 N–H and O–H groups in total. The summed E-state index contributed by atoms with van der Waals surface area (Å²) in [6, 6.07) is 21.9. The first-order valence-electron chi connectivity index (χ1n) is 13.4. The van der Waals surface area contributed by atoms with Crippen molar-refractivity contribution in [2.24, 2.45) is 11.8 Å². The molecule has 2 fully saturated rings. The number of halogens is 2. The molecule has 0 spiro atoms. The third-order valence-corrected chi connectivity index (χ3v) is 8.21.